The van der Waals surface area contributed by atoms with Gasteiger partial charge in [0.1, 0.15) is 0 Å². The molecule has 0 bridgehead atoms. The van der Waals surface area contributed by atoms with E-state index in [2.05, 4.69) is 9.97 Å². The van der Waals surface area contributed by atoms with E-state index in [1.807, 2.05) is 12.1 Å². The molecule has 1 aliphatic heterocycles. The van der Waals surface area contributed by atoms with E-state index in [-0.39, 0.29) is 24.6 Å². The van der Waals surface area contributed by atoms with Crippen LogP contribution >= 0.6 is 11.6 Å². The van der Waals surface area contributed by atoms with Gasteiger partial charge in [0.25, 0.3) is 0 Å². The fourth-order valence-corrected chi connectivity index (χ4v) is 4.59. The number of ketones is 1. The van der Waals surface area contributed by atoms with Gasteiger partial charge >= 0.3 is 5.97 Å². The van der Waals surface area contributed by atoms with Crippen LogP contribution in [0.5, 0.6) is 0 Å². The fourth-order valence-electron chi connectivity index (χ4n) is 4.32. The van der Waals surface area contributed by atoms with E-state index < -0.39 is 18.0 Å². The van der Waals surface area contributed by atoms with Crippen molar-refractivity contribution in [1.82, 2.24) is 14.4 Å². The molecule has 3 aromatic rings. The third kappa shape index (κ3) is 3.45. The molecule has 0 radical (unpaired) electrons. The summed E-state index contributed by atoms with van der Waals surface area (Å²) in [6.07, 6.45) is 4.65. The number of benzene rings is 1. The standard InChI is InChI=1S/C22H21ClN4O4/c23-15-4-1-3-13(12-5-6-12)17(15)18(29)19-25-21(20-24-8-2-9-27(19)20)26-10-7-14(22(30)31)16(28)11-26/h1-4,8-9,12,14,16,28H,5-7,10-11H2,(H,30,31). The molecule has 0 spiro atoms. The van der Waals surface area contributed by atoms with Crippen LogP contribution in [0, 0.1) is 5.92 Å². The van der Waals surface area contributed by atoms with Crippen LogP contribution in [0.4, 0.5) is 5.82 Å². The quantitative estimate of drug-likeness (QED) is 0.587. The number of aromatic nitrogens is 3. The molecule has 3 heterocycles. The minimum absolute atomic E-state index is 0.104. The van der Waals surface area contributed by atoms with Crippen molar-refractivity contribution < 1.29 is 19.8 Å². The van der Waals surface area contributed by atoms with Gasteiger partial charge in [0.15, 0.2) is 17.3 Å². The number of aliphatic hydroxyl groups excluding tert-OH is 1. The number of aliphatic carboxylic acids is 1. The second kappa shape index (κ2) is 7.62. The number of hydrogen-bond acceptors (Lipinski definition) is 6. The lowest BCUT2D eigenvalue weighted by Gasteiger charge is -2.34. The lowest BCUT2D eigenvalue weighted by Crippen LogP contribution is -2.46. The highest BCUT2D eigenvalue weighted by molar-refractivity contribution is 6.35. The first-order chi connectivity index (χ1) is 15.0. The van der Waals surface area contributed by atoms with Crippen molar-refractivity contribution in [2.45, 2.75) is 31.3 Å². The normalized spacial score (nSPS) is 21.4. The second-order valence-electron chi connectivity index (χ2n) is 8.13. The Balaban J connectivity index is 1.57. The summed E-state index contributed by atoms with van der Waals surface area (Å²) in [5.41, 5.74) is 1.89. The van der Waals surface area contributed by atoms with Crippen LogP contribution in [-0.4, -0.2) is 55.5 Å². The average molecular weight is 441 g/mol. The van der Waals surface area contributed by atoms with Crippen molar-refractivity contribution in [2.75, 3.05) is 18.0 Å². The number of piperidine rings is 1. The number of carbonyl (C=O) groups is 2. The van der Waals surface area contributed by atoms with E-state index in [1.165, 1.54) is 0 Å². The molecule has 9 heteroatoms. The zero-order chi connectivity index (χ0) is 21.7. The van der Waals surface area contributed by atoms with Crippen molar-refractivity contribution in [1.29, 1.82) is 0 Å². The molecule has 31 heavy (non-hydrogen) atoms. The van der Waals surface area contributed by atoms with Crippen LogP contribution in [0.2, 0.25) is 5.02 Å². The van der Waals surface area contributed by atoms with E-state index in [4.69, 9.17) is 11.6 Å². The first kappa shape index (κ1) is 20.0. The summed E-state index contributed by atoms with van der Waals surface area (Å²) < 4.78 is 1.63. The summed E-state index contributed by atoms with van der Waals surface area (Å²) in [7, 11) is 0. The van der Waals surface area contributed by atoms with E-state index in [0.29, 0.717) is 34.5 Å². The minimum atomic E-state index is -1.03. The number of carboxylic acids is 1. The van der Waals surface area contributed by atoms with Crippen LogP contribution in [0.15, 0.2) is 36.7 Å². The summed E-state index contributed by atoms with van der Waals surface area (Å²) in [6, 6.07) is 7.23. The number of carbonyl (C=O) groups excluding carboxylic acids is 1. The zero-order valence-corrected chi connectivity index (χ0v) is 17.4. The van der Waals surface area contributed by atoms with Gasteiger partial charge in [-0.2, -0.15) is 0 Å². The molecule has 1 aliphatic carbocycles. The predicted octanol–water partition coefficient (Wildman–Crippen LogP) is 2.76. The van der Waals surface area contributed by atoms with Crippen LogP contribution in [0.1, 0.15) is 46.9 Å². The third-order valence-electron chi connectivity index (χ3n) is 6.08. The topological polar surface area (TPSA) is 108 Å². The average Bonchev–Trinajstić information content (AvgIpc) is 3.53. The number of fused-ring (bicyclic) bond motifs is 1. The lowest BCUT2D eigenvalue weighted by molar-refractivity contribution is -0.146. The first-order valence-electron chi connectivity index (χ1n) is 10.3. The number of hydrogen-bond donors (Lipinski definition) is 2. The third-order valence-corrected chi connectivity index (χ3v) is 6.39. The van der Waals surface area contributed by atoms with Crippen molar-refractivity contribution in [3.8, 4) is 0 Å². The maximum Gasteiger partial charge on any atom is 0.309 e. The van der Waals surface area contributed by atoms with E-state index in [1.54, 1.807) is 33.8 Å². The van der Waals surface area contributed by atoms with Crippen molar-refractivity contribution in [3.63, 3.8) is 0 Å². The molecule has 5 rings (SSSR count). The molecule has 1 saturated carbocycles. The molecule has 2 N–H and O–H groups in total. The van der Waals surface area contributed by atoms with Gasteiger partial charge in [-0.15, -0.1) is 0 Å². The van der Waals surface area contributed by atoms with Crippen molar-refractivity contribution in [3.05, 3.63) is 58.6 Å². The van der Waals surface area contributed by atoms with Gasteiger partial charge in [0.2, 0.25) is 5.78 Å². The summed E-state index contributed by atoms with van der Waals surface area (Å²) in [5, 5.41) is 20.0. The van der Waals surface area contributed by atoms with E-state index >= 15 is 0 Å². The molecule has 0 amide bonds. The second-order valence-corrected chi connectivity index (χ2v) is 8.53. The Labute approximate surface area is 183 Å². The van der Waals surface area contributed by atoms with Crippen LogP contribution in [0.25, 0.3) is 5.65 Å². The number of aliphatic hydroxyl groups is 1. The predicted molar refractivity (Wildman–Crippen MR) is 114 cm³/mol. The Morgan fingerprint density at radius 3 is 2.68 bits per heavy atom. The number of imidazole rings is 1. The Bertz CT molecular complexity index is 1190. The summed E-state index contributed by atoms with van der Waals surface area (Å²) in [6.45, 7) is 0.498. The van der Waals surface area contributed by atoms with Gasteiger partial charge in [0.05, 0.1) is 17.0 Å². The van der Waals surface area contributed by atoms with Crippen LogP contribution < -0.4 is 4.90 Å². The number of nitrogens with zero attached hydrogens (tertiary/aromatic N) is 4. The molecule has 8 nitrogen and oxygen atoms in total. The number of β-amino-alcohol motifs (C(OH)–C–C–N with tert-alkyl or cyclic N) is 1. The minimum Gasteiger partial charge on any atom is -0.481 e. The Hall–Kier alpha value is -2.97. The van der Waals surface area contributed by atoms with Gasteiger partial charge in [-0.05, 0) is 42.9 Å². The van der Waals surface area contributed by atoms with E-state index in [0.717, 1.165) is 18.4 Å². The zero-order valence-electron chi connectivity index (χ0n) is 16.6. The summed E-state index contributed by atoms with van der Waals surface area (Å²) in [5.74, 6) is -1.12. The highest BCUT2D eigenvalue weighted by Gasteiger charge is 2.36. The van der Waals surface area contributed by atoms with Gasteiger partial charge in [-0.3, -0.25) is 14.0 Å². The van der Waals surface area contributed by atoms with Gasteiger partial charge in [-0.25, -0.2) is 9.97 Å². The fraction of sp³-hybridized carbons (Fsp3) is 0.364. The highest BCUT2D eigenvalue weighted by atomic mass is 35.5. The summed E-state index contributed by atoms with van der Waals surface area (Å²) >= 11 is 6.44. The Morgan fingerprint density at radius 2 is 1.97 bits per heavy atom. The summed E-state index contributed by atoms with van der Waals surface area (Å²) in [4.78, 5) is 35.7. The molecule has 2 atom stereocenters. The molecule has 160 valence electrons. The molecule has 1 aromatic carbocycles. The number of halogens is 1. The van der Waals surface area contributed by atoms with Crippen LogP contribution in [-0.2, 0) is 4.79 Å². The van der Waals surface area contributed by atoms with Crippen LogP contribution in [0.3, 0.4) is 0 Å². The SMILES string of the molecule is O=C(c1c(Cl)cccc1C1CC1)c1nc(N2CCC(C(=O)O)C(O)C2)c2ncccn12. The number of anilines is 1. The Morgan fingerprint density at radius 1 is 1.16 bits per heavy atom. The monoisotopic (exact) mass is 440 g/mol. The largest absolute Gasteiger partial charge is 0.481 e. The molecule has 1 saturated heterocycles. The van der Waals surface area contributed by atoms with Crippen molar-refractivity contribution in [2.24, 2.45) is 5.92 Å². The van der Waals surface area contributed by atoms with Gasteiger partial charge in [0, 0.05) is 31.0 Å². The lowest BCUT2D eigenvalue weighted by atomic mass is 9.94. The van der Waals surface area contributed by atoms with Crippen molar-refractivity contribution >= 4 is 34.8 Å². The maximum atomic E-state index is 13.6. The number of rotatable bonds is 5. The van der Waals surface area contributed by atoms with Gasteiger partial charge in [-0.1, -0.05) is 23.7 Å². The smallest absolute Gasteiger partial charge is 0.309 e. The molecular weight excluding hydrogens is 420 g/mol. The van der Waals surface area contributed by atoms with Gasteiger partial charge < -0.3 is 15.1 Å². The molecule has 2 aliphatic rings. The Kier molecular flexibility index (Phi) is 4.91. The molecular formula is C22H21ClN4O4. The highest BCUT2D eigenvalue weighted by Crippen LogP contribution is 2.43. The molecule has 2 fully saturated rings. The first-order valence-corrected chi connectivity index (χ1v) is 10.7. The number of carboxylic acid groups (broad SMARTS) is 1. The van der Waals surface area contributed by atoms with E-state index in [9.17, 15) is 19.8 Å². The molecule has 2 aromatic heterocycles. The maximum absolute atomic E-state index is 13.6. The molecule has 2 unspecified atom stereocenters.